The zero-order valence-electron chi connectivity index (χ0n) is 10.3. The molecule has 1 aromatic rings. The van der Waals surface area contributed by atoms with E-state index < -0.39 is 21.9 Å². The Morgan fingerprint density at radius 1 is 1.10 bits per heavy atom. The molecule has 0 aliphatic carbocycles. The van der Waals surface area contributed by atoms with Crippen molar-refractivity contribution >= 4 is 63.9 Å². The van der Waals surface area contributed by atoms with Crippen LogP contribution in [0.4, 0.5) is 5.69 Å². The number of benzene rings is 1. The van der Waals surface area contributed by atoms with Crippen LogP contribution in [-0.2, 0) is 9.59 Å². The van der Waals surface area contributed by atoms with Gasteiger partial charge in [0, 0.05) is 6.54 Å². The van der Waals surface area contributed by atoms with E-state index in [0.29, 0.717) is 6.54 Å². The lowest BCUT2D eigenvalue weighted by atomic mass is 10.3. The number of hydrogen-bond acceptors (Lipinski definition) is 2. The van der Waals surface area contributed by atoms with E-state index in [1.54, 1.807) is 19.1 Å². The van der Waals surface area contributed by atoms with Crippen molar-refractivity contribution < 1.29 is 9.59 Å². The Kier molecular flexibility index (Phi) is 6.62. The van der Waals surface area contributed by atoms with E-state index in [1.807, 2.05) is 0 Å². The van der Waals surface area contributed by atoms with Gasteiger partial charge in [0.15, 0.2) is 0 Å². The molecule has 0 atom stereocenters. The second-order valence-electron chi connectivity index (χ2n) is 3.54. The summed E-state index contributed by atoms with van der Waals surface area (Å²) in [5.74, 6) is -1.39. The van der Waals surface area contributed by atoms with Crippen LogP contribution in [0.5, 0.6) is 0 Å². The Hall–Kier alpha value is -0.940. The van der Waals surface area contributed by atoms with Gasteiger partial charge in [0.2, 0.25) is 0 Å². The number of halogens is 4. The van der Waals surface area contributed by atoms with Crippen LogP contribution in [0.15, 0.2) is 28.3 Å². The molecule has 0 aliphatic rings. The van der Waals surface area contributed by atoms with Crippen LogP contribution < -0.4 is 10.6 Å². The van der Waals surface area contributed by atoms with E-state index in [4.69, 9.17) is 46.4 Å². The molecule has 0 aromatic heterocycles. The minimum Gasteiger partial charge on any atom is -0.352 e. The first-order valence-corrected chi connectivity index (χ1v) is 6.98. The lowest BCUT2D eigenvalue weighted by Crippen LogP contribution is -2.25. The summed E-state index contributed by atoms with van der Waals surface area (Å²) >= 11 is 23.2. The number of carbonyl (C=O) groups is 2. The molecule has 0 spiro atoms. The predicted molar refractivity (Wildman–Crippen MR) is 82.5 cm³/mol. The van der Waals surface area contributed by atoms with E-state index in [-0.39, 0.29) is 15.7 Å². The van der Waals surface area contributed by atoms with Crippen molar-refractivity contribution in [3.05, 3.63) is 38.3 Å². The lowest BCUT2D eigenvalue weighted by molar-refractivity contribution is -0.117. The number of anilines is 1. The molecule has 0 bridgehead atoms. The van der Waals surface area contributed by atoms with E-state index in [1.165, 1.54) is 6.07 Å². The average molecular weight is 356 g/mol. The molecule has 0 aliphatic heterocycles. The summed E-state index contributed by atoms with van der Waals surface area (Å²) in [7, 11) is 0. The lowest BCUT2D eigenvalue weighted by Gasteiger charge is -2.08. The highest BCUT2D eigenvalue weighted by Crippen LogP contribution is 2.30. The molecule has 8 heteroatoms. The monoisotopic (exact) mass is 354 g/mol. The first-order chi connectivity index (χ1) is 9.38. The third kappa shape index (κ3) is 4.28. The Morgan fingerprint density at radius 2 is 1.70 bits per heavy atom. The van der Waals surface area contributed by atoms with Gasteiger partial charge in [-0.05, 0) is 19.1 Å². The van der Waals surface area contributed by atoms with Gasteiger partial charge in [0.1, 0.15) is 10.1 Å². The molecule has 1 aromatic carbocycles. The van der Waals surface area contributed by atoms with Gasteiger partial charge < -0.3 is 10.6 Å². The molecule has 1 rings (SSSR count). The van der Waals surface area contributed by atoms with Crippen LogP contribution in [0.25, 0.3) is 0 Å². The van der Waals surface area contributed by atoms with E-state index in [2.05, 4.69) is 10.6 Å². The average Bonchev–Trinajstić information content (AvgIpc) is 2.42. The SMILES string of the molecule is CCNC(=O)/C(Cl)=C(/Cl)C(=O)Nc1cccc(Cl)c1Cl. The van der Waals surface area contributed by atoms with Crippen LogP contribution in [0.2, 0.25) is 10.0 Å². The Bertz CT molecular complexity index is 573. The van der Waals surface area contributed by atoms with Crippen molar-refractivity contribution in [2.75, 3.05) is 11.9 Å². The number of nitrogens with one attached hydrogen (secondary N) is 2. The molecule has 0 fully saturated rings. The first kappa shape index (κ1) is 17.1. The van der Waals surface area contributed by atoms with Gasteiger partial charge in [-0.3, -0.25) is 9.59 Å². The molecule has 4 nitrogen and oxygen atoms in total. The summed E-state index contributed by atoms with van der Waals surface area (Å²) in [6.07, 6.45) is 0. The quantitative estimate of drug-likeness (QED) is 0.808. The van der Waals surface area contributed by atoms with Crippen molar-refractivity contribution in [1.82, 2.24) is 5.32 Å². The second kappa shape index (κ2) is 7.74. The molecule has 108 valence electrons. The zero-order valence-corrected chi connectivity index (χ0v) is 13.3. The fourth-order valence-electron chi connectivity index (χ4n) is 1.22. The highest BCUT2D eigenvalue weighted by Gasteiger charge is 2.18. The van der Waals surface area contributed by atoms with Gasteiger partial charge in [-0.2, -0.15) is 0 Å². The molecule has 2 N–H and O–H groups in total. The van der Waals surface area contributed by atoms with E-state index in [9.17, 15) is 9.59 Å². The third-order valence-corrected chi connectivity index (χ3v) is 3.77. The van der Waals surface area contributed by atoms with Gasteiger partial charge in [-0.1, -0.05) is 52.5 Å². The highest BCUT2D eigenvalue weighted by atomic mass is 35.5. The van der Waals surface area contributed by atoms with Crippen LogP contribution in [0, 0.1) is 0 Å². The summed E-state index contributed by atoms with van der Waals surface area (Å²) in [6, 6.07) is 4.71. The normalized spacial score (nSPS) is 11.7. The Labute approximate surface area is 136 Å². The van der Waals surface area contributed by atoms with Gasteiger partial charge in [-0.25, -0.2) is 0 Å². The summed E-state index contributed by atoms with van der Waals surface area (Å²) in [6.45, 7) is 2.07. The third-order valence-electron chi connectivity index (χ3n) is 2.13. The smallest absolute Gasteiger partial charge is 0.268 e. The van der Waals surface area contributed by atoms with Crippen LogP contribution >= 0.6 is 46.4 Å². The highest BCUT2D eigenvalue weighted by molar-refractivity contribution is 6.55. The molecule has 0 radical (unpaired) electrons. The van der Waals surface area contributed by atoms with Crippen molar-refractivity contribution in [2.45, 2.75) is 6.92 Å². The van der Waals surface area contributed by atoms with Crippen molar-refractivity contribution in [2.24, 2.45) is 0 Å². The topological polar surface area (TPSA) is 58.2 Å². The molecule has 0 unspecified atom stereocenters. The molecule has 20 heavy (non-hydrogen) atoms. The maximum absolute atomic E-state index is 11.9. The predicted octanol–water partition coefficient (Wildman–Crippen LogP) is 3.76. The van der Waals surface area contributed by atoms with Crippen LogP contribution in [0.1, 0.15) is 6.92 Å². The molecule has 0 saturated carbocycles. The van der Waals surface area contributed by atoms with Crippen LogP contribution in [-0.4, -0.2) is 18.4 Å². The Balaban J connectivity index is 2.93. The maximum atomic E-state index is 11.9. The molecule has 2 amide bonds. The van der Waals surface area contributed by atoms with Gasteiger partial charge in [-0.15, -0.1) is 0 Å². The first-order valence-electron chi connectivity index (χ1n) is 5.47. The number of likely N-dealkylation sites (N-methyl/N-ethyl adjacent to an activating group) is 1. The van der Waals surface area contributed by atoms with Crippen molar-refractivity contribution in [1.29, 1.82) is 0 Å². The van der Waals surface area contributed by atoms with Crippen molar-refractivity contribution in [3.63, 3.8) is 0 Å². The zero-order chi connectivity index (χ0) is 15.3. The number of rotatable bonds is 4. The number of carbonyl (C=O) groups excluding carboxylic acids is 2. The number of amides is 2. The standard InChI is InChI=1S/C12H10Cl4N2O2/c1-2-17-11(19)9(15)10(16)12(20)18-7-5-3-4-6(13)8(7)14/h3-5H,2H2,1H3,(H,17,19)(H,18,20)/b10-9-. The fourth-order valence-corrected chi connectivity index (χ4v) is 1.85. The summed E-state index contributed by atoms with van der Waals surface area (Å²) < 4.78 is 0. The minimum absolute atomic E-state index is 0.168. The largest absolute Gasteiger partial charge is 0.352 e. The fraction of sp³-hybridized carbons (Fsp3) is 0.167. The second-order valence-corrected chi connectivity index (χ2v) is 5.08. The maximum Gasteiger partial charge on any atom is 0.268 e. The minimum atomic E-state index is -0.757. The van der Waals surface area contributed by atoms with Gasteiger partial charge in [0.25, 0.3) is 11.8 Å². The molecular formula is C12H10Cl4N2O2. The van der Waals surface area contributed by atoms with Crippen molar-refractivity contribution in [3.8, 4) is 0 Å². The molecule has 0 saturated heterocycles. The summed E-state index contributed by atoms with van der Waals surface area (Å²) in [5.41, 5.74) is 0.266. The molecular weight excluding hydrogens is 346 g/mol. The van der Waals surface area contributed by atoms with E-state index in [0.717, 1.165) is 0 Å². The summed E-state index contributed by atoms with van der Waals surface area (Å²) in [4.78, 5) is 23.3. The number of hydrogen-bond donors (Lipinski definition) is 2. The van der Waals surface area contributed by atoms with Gasteiger partial charge >= 0.3 is 0 Å². The van der Waals surface area contributed by atoms with Gasteiger partial charge in [0.05, 0.1) is 15.7 Å². The Morgan fingerprint density at radius 3 is 2.30 bits per heavy atom. The summed E-state index contributed by atoms with van der Waals surface area (Å²) in [5, 5.41) is 4.45. The van der Waals surface area contributed by atoms with Crippen LogP contribution in [0.3, 0.4) is 0 Å². The van der Waals surface area contributed by atoms with E-state index >= 15 is 0 Å². The molecule has 0 heterocycles.